The van der Waals surface area contributed by atoms with Crippen LogP contribution in [0.2, 0.25) is 0 Å². The van der Waals surface area contributed by atoms with E-state index < -0.39 is 0 Å². The number of hydrogen-bond acceptors (Lipinski definition) is 4. The molecule has 0 amide bonds. The van der Waals surface area contributed by atoms with Gasteiger partial charge >= 0.3 is 0 Å². The number of para-hydroxylation sites is 1. The summed E-state index contributed by atoms with van der Waals surface area (Å²) in [4.78, 5) is 6.65. The van der Waals surface area contributed by atoms with Crippen molar-refractivity contribution < 1.29 is 14.2 Å². The van der Waals surface area contributed by atoms with Gasteiger partial charge in [-0.3, -0.25) is 4.99 Å². The highest BCUT2D eigenvalue weighted by Crippen LogP contribution is 2.50. The molecule has 0 spiro atoms. The van der Waals surface area contributed by atoms with Crippen LogP contribution in [-0.2, 0) is 11.8 Å². The van der Waals surface area contributed by atoms with Gasteiger partial charge < -0.3 is 24.4 Å². The largest absolute Gasteiger partial charge is 0.496 e. The van der Waals surface area contributed by atoms with Gasteiger partial charge in [-0.05, 0) is 43.0 Å². The van der Waals surface area contributed by atoms with Crippen molar-refractivity contribution in [2.24, 2.45) is 4.99 Å². The Morgan fingerprint density at radius 1 is 1.00 bits per heavy atom. The van der Waals surface area contributed by atoms with Crippen LogP contribution in [0.5, 0.6) is 17.2 Å². The van der Waals surface area contributed by atoms with Crippen molar-refractivity contribution in [3.8, 4) is 17.2 Å². The Morgan fingerprint density at radius 2 is 1.68 bits per heavy atom. The Hall–Kier alpha value is -2.16. The first-order valence-corrected chi connectivity index (χ1v) is 10.3. The maximum Gasteiger partial charge on any atom is 0.193 e. The summed E-state index contributed by atoms with van der Waals surface area (Å²) in [6.07, 6.45) is 3.20. The predicted octanol–water partition coefficient (Wildman–Crippen LogP) is 4.11. The minimum absolute atomic E-state index is 0. The smallest absolute Gasteiger partial charge is 0.193 e. The SMILES string of the molecule is CN=C(NCC1(c2ccccc2OC)CC1)N(C)CCc1ccc(OC)c(OC)c1.I. The summed E-state index contributed by atoms with van der Waals surface area (Å²) < 4.78 is 16.3. The molecule has 6 nitrogen and oxygen atoms in total. The monoisotopic (exact) mass is 539 g/mol. The quantitative estimate of drug-likeness (QED) is 0.296. The summed E-state index contributed by atoms with van der Waals surface area (Å²) in [5, 5.41) is 3.57. The van der Waals surface area contributed by atoms with Crippen LogP contribution in [0.4, 0.5) is 0 Å². The van der Waals surface area contributed by atoms with E-state index in [1.165, 1.54) is 11.1 Å². The van der Waals surface area contributed by atoms with E-state index in [1.54, 1.807) is 21.3 Å². The second-order valence-electron chi connectivity index (χ2n) is 7.74. The number of benzene rings is 2. The van der Waals surface area contributed by atoms with Gasteiger partial charge in [-0.1, -0.05) is 24.3 Å². The second-order valence-corrected chi connectivity index (χ2v) is 7.74. The maximum atomic E-state index is 5.59. The highest BCUT2D eigenvalue weighted by molar-refractivity contribution is 14.0. The number of guanidine groups is 1. The van der Waals surface area contributed by atoms with E-state index in [0.29, 0.717) is 0 Å². The van der Waals surface area contributed by atoms with Gasteiger partial charge in [-0.15, -0.1) is 24.0 Å². The van der Waals surface area contributed by atoms with Crippen molar-refractivity contribution >= 4 is 29.9 Å². The summed E-state index contributed by atoms with van der Waals surface area (Å²) in [6, 6.07) is 14.4. The normalized spacial score (nSPS) is 14.3. The summed E-state index contributed by atoms with van der Waals surface area (Å²) >= 11 is 0. The lowest BCUT2D eigenvalue weighted by Crippen LogP contribution is -2.43. The molecule has 0 radical (unpaired) electrons. The van der Waals surface area contributed by atoms with Crippen LogP contribution in [-0.4, -0.2) is 59.4 Å². The molecule has 0 saturated heterocycles. The molecule has 1 fully saturated rings. The average Bonchev–Trinajstić information content (AvgIpc) is 3.58. The van der Waals surface area contributed by atoms with E-state index in [2.05, 4.69) is 40.5 Å². The molecule has 170 valence electrons. The number of hydrogen-bond donors (Lipinski definition) is 1. The molecule has 1 aliphatic rings. The first-order valence-electron chi connectivity index (χ1n) is 10.3. The van der Waals surface area contributed by atoms with Crippen molar-refractivity contribution in [2.75, 3.05) is 48.5 Å². The molecule has 0 aromatic heterocycles. The zero-order valence-corrected chi connectivity index (χ0v) is 21.4. The maximum absolute atomic E-state index is 5.59. The molecular weight excluding hydrogens is 505 g/mol. The van der Waals surface area contributed by atoms with E-state index in [1.807, 2.05) is 31.3 Å². The summed E-state index contributed by atoms with van der Waals surface area (Å²) in [6.45, 7) is 1.69. The predicted molar refractivity (Wildman–Crippen MR) is 137 cm³/mol. The third-order valence-electron chi connectivity index (χ3n) is 5.87. The van der Waals surface area contributed by atoms with Gasteiger partial charge in [0.2, 0.25) is 0 Å². The number of rotatable bonds is 9. The summed E-state index contributed by atoms with van der Waals surface area (Å²) in [5.74, 6) is 3.37. The van der Waals surface area contributed by atoms with Gasteiger partial charge in [-0.2, -0.15) is 0 Å². The molecule has 2 aromatic carbocycles. The first-order chi connectivity index (χ1) is 14.6. The number of ether oxygens (including phenoxy) is 3. The highest BCUT2D eigenvalue weighted by Gasteiger charge is 2.46. The third-order valence-corrected chi connectivity index (χ3v) is 5.87. The van der Waals surface area contributed by atoms with Crippen molar-refractivity contribution in [3.63, 3.8) is 0 Å². The number of aliphatic imine (C=N–C) groups is 1. The van der Waals surface area contributed by atoms with E-state index in [-0.39, 0.29) is 29.4 Å². The van der Waals surface area contributed by atoms with Gasteiger partial charge in [0.25, 0.3) is 0 Å². The second kappa shape index (κ2) is 11.5. The molecule has 1 saturated carbocycles. The topological polar surface area (TPSA) is 55.3 Å². The fourth-order valence-corrected chi connectivity index (χ4v) is 3.85. The van der Waals surface area contributed by atoms with Crippen molar-refractivity contribution in [1.29, 1.82) is 0 Å². The zero-order chi connectivity index (χ0) is 21.6. The van der Waals surface area contributed by atoms with E-state index >= 15 is 0 Å². The molecule has 1 aliphatic carbocycles. The Kier molecular flexibility index (Phi) is 9.28. The first kappa shape index (κ1) is 25.1. The average molecular weight is 539 g/mol. The van der Waals surface area contributed by atoms with E-state index in [9.17, 15) is 0 Å². The van der Waals surface area contributed by atoms with Gasteiger partial charge in [0.05, 0.1) is 21.3 Å². The van der Waals surface area contributed by atoms with Crippen molar-refractivity contribution in [1.82, 2.24) is 10.2 Å². The minimum atomic E-state index is 0. The molecule has 0 atom stereocenters. The molecule has 0 bridgehead atoms. The number of methoxy groups -OCH3 is 3. The van der Waals surface area contributed by atoms with Crippen LogP contribution in [0.1, 0.15) is 24.0 Å². The van der Waals surface area contributed by atoms with E-state index in [0.717, 1.165) is 55.6 Å². The van der Waals surface area contributed by atoms with Crippen LogP contribution in [0.15, 0.2) is 47.5 Å². The Balaban J connectivity index is 0.00000341. The molecule has 0 aliphatic heterocycles. The molecule has 31 heavy (non-hydrogen) atoms. The van der Waals surface area contributed by atoms with Crippen LogP contribution < -0.4 is 19.5 Å². The summed E-state index contributed by atoms with van der Waals surface area (Å²) in [7, 11) is 8.95. The van der Waals surface area contributed by atoms with Crippen molar-refractivity contribution in [3.05, 3.63) is 53.6 Å². The van der Waals surface area contributed by atoms with Crippen LogP contribution in [0.25, 0.3) is 0 Å². The van der Waals surface area contributed by atoms with Crippen LogP contribution in [0, 0.1) is 0 Å². The molecule has 3 rings (SSSR count). The lowest BCUT2D eigenvalue weighted by atomic mass is 9.95. The molecule has 0 unspecified atom stereocenters. The molecular formula is C24H34IN3O3. The molecule has 2 aromatic rings. The van der Waals surface area contributed by atoms with Gasteiger partial charge in [0.15, 0.2) is 17.5 Å². The Labute approximate surface area is 203 Å². The minimum Gasteiger partial charge on any atom is -0.496 e. The lowest BCUT2D eigenvalue weighted by Gasteiger charge is -2.25. The van der Waals surface area contributed by atoms with E-state index in [4.69, 9.17) is 14.2 Å². The standard InChI is InChI=1S/C24H33N3O3.HI/c1-25-23(26-17-24(13-14-24)19-8-6-7-9-20(19)28-3)27(2)15-12-18-10-11-21(29-4)22(16-18)30-5;/h6-11,16H,12-15,17H2,1-5H3,(H,25,26);1H. The Bertz CT molecular complexity index is 884. The molecule has 1 N–H and O–H groups in total. The van der Waals surface area contributed by atoms with Gasteiger partial charge in [0, 0.05) is 38.2 Å². The molecule has 7 heteroatoms. The molecule has 0 heterocycles. The number of nitrogens with one attached hydrogen (secondary N) is 1. The van der Waals surface area contributed by atoms with Gasteiger partial charge in [-0.25, -0.2) is 0 Å². The van der Waals surface area contributed by atoms with Crippen molar-refractivity contribution in [2.45, 2.75) is 24.7 Å². The fourth-order valence-electron chi connectivity index (χ4n) is 3.85. The highest BCUT2D eigenvalue weighted by atomic mass is 127. The Morgan fingerprint density at radius 3 is 2.29 bits per heavy atom. The summed E-state index contributed by atoms with van der Waals surface area (Å²) in [5.41, 5.74) is 2.61. The number of halogens is 1. The number of likely N-dealkylation sites (N-methyl/N-ethyl adjacent to an activating group) is 1. The lowest BCUT2D eigenvalue weighted by molar-refractivity contribution is 0.354. The van der Waals surface area contributed by atoms with Gasteiger partial charge in [0.1, 0.15) is 5.75 Å². The van der Waals surface area contributed by atoms with Crippen LogP contribution in [0.3, 0.4) is 0 Å². The fraction of sp³-hybridized carbons (Fsp3) is 0.458. The van der Waals surface area contributed by atoms with Crippen LogP contribution >= 0.6 is 24.0 Å². The number of nitrogens with zero attached hydrogens (tertiary/aromatic N) is 2. The zero-order valence-electron chi connectivity index (χ0n) is 19.1. The third kappa shape index (κ3) is 5.96.